The van der Waals surface area contributed by atoms with E-state index in [1.807, 2.05) is 0 Å². The Hall–Kier alpha value is -3.53. The minimum absolute atomic E-state index is 0.196. The highest BCUT2D eigenvalue weighted by molar-refractivity contribution is 7.08. The molecule has 0 aliphatic heterocycles. The van der Waals surface area contributed by atoms with Crippen LogP contribution >= 0.6 is 11.5 Å². The number of aromatic carboxylic acids is 1. The van der Waals surface area contributed by atoms with Crippen LogP contribution in [0, 0.1) is 0 Å². The standard InChI is InChI=1S/C15H8N6O3S/c22-11-8-2-1-4-17-13(8)21(6-9(11)14(23)24)15-19-12(20-25-15)10-3-5-16-7-18-10/h1-7H,(H,23,24). The summed E-state index contributed by atoms with van der Waals surface area (Å²) in [6, 6.07) is 4.77. The molecule has 0 fully saturated rings. The fraction of sp³-hybridized carbons (Fsp3) is 0. The molecule has 0 saturated carbocycles. The highest BCUT2D eigenvalue weighted by Gasteiger charge is 2.18. The van der Waals surface area contributed by atoms with Crippen LogP contribution in [0.5, 0.6) is 0 Å². The van der Waals surface area contributed by atoms with Gasteiger partial charge in [-0.15, -0.1) is 0 Å². The molecule has 0 aromatic carbocycles. The number of aromatic nitrogens is 6. The van der Waals surface area contributed by atoms with E-state index in [0.717, 1.165) is 11.5 Å². The molecule has 4 aromatic rings. The minimum atomic E-state index is -1.31. The molecule has 4 aromatic heterocycles. The zero-order valence-corrected chi connectivity index (χ0v) is 13.2. The van der Waals surface area contributed by atoms with Gasteiger partial charge in [0.2, 0.25) is 10.6 Å². The fourth-order valence-electron chi connectivity index (χ4n) is 2.30. The van der Waals surface area contributed by atoms with Gasteiger partial charge in [0.25, 0.3) is 0 Å². The van der Waals surface area contributed by atoms with Crippen LogP contribution in [0.4, 0.5) is 0 Å². The van der Waals surface area contributed by atoms with E-state index in [9.17, 15) is 14.7 Å². The van der Waals surface area contributed by atoms with Crippen LogP contribution in [0.1, 0.15) is 10.4 Å². The SMILES string of the molecule is O=C(O)c1cn(-c2nc(-c3ccncn3)ns2)c2ncccc2c1=O. The fourth-order valence-corrected chi connectivity index (χ4v) is 2.96. The lowest BCUT2D eigenvalue weighted by atomic mass is 10.2. The quantitative estimate of drug-likeness (QED) is 0.586. The summed E-state index contributed by atoms with van der Waals surface area (Å²) in [6.07, 6.45) is 5.69. The van der Waals surface area contributed by atoms with Crippen molar-refractivity contribution in [3.63, 3.8) is 0 Å². The van der Waals surface area contributed by atoms with E-state index >= 15 is 0 Å². The van der Waals surface area contributed by atoms with Crippen molar-refractivity contribution < 1.29 is 9.90 Å². The first kappa shape index (κ1) is 15.0. The highest BCUT2D eigenvalue weighted by atomic mass is 32.1. The number of carbonyl (C=O) groups is 1. The molecular weight excluding hydrogens is 344 g/mol. The van der Waals surface area contributed by atoms with Gasteiger partial charge in [0.05, 0.1) is 5.39 Å². The third-order valence-corrected chi connectivity index (χ3v) is 4.14. The van der Waals surface area contributed by atoms with Crippen molar-refractivity contribution in [2.75, 3.05) is 0 Å². The summed E-state index contributed by atoms with van der Waals surface area (Å²) in [7, 11) is 0. The number of fused-ring (bicyclic) bond motifs is 1. The van der Waals surface area contributed by atoms with Crippen molar-refractivity contribution in [1.29, 1.82) is 0 Å². The summed E-state index contributed by atoms with van der Waals surface area (Å²) in [4.78, 5) is 40.2. The second-order valence-corrected chi connectivity index (χ2v) is 5.65. The molecule has 0 atom stereocenters. The molecule has 0 aliphatic rings. The normalized spacial score (nSPS) is 10.9. The highest BCUT2D eigenvalue weighted by Crippen LogP contribution is 2.21. The van der Waals surface area contributed by atoms with Crippen LogP contribution in [0.2, 0.25) is 0 Å². The number of carboxylic acid groups (broad SMARTS) is 1. The van der Waals surface area contributed by atoms with E-state index in [2.05, 4.69) is 24.3 Å². The number of pyridine rings is 2. The Labute approximate surface area is 143 Å². The third kappa shape index (κ3) is 2.54. The molecule has 122 valence electrons. The Morgan fingerprint density at radius 2 is 2.08 bits per heavy atom. The summed E-state index contributed by atoms with van der Waals surface area (Å²) in [6.45, 7) is 0. The van der Waals surface area contributed by atoms with E-state index in [-0.39, 0.29) is 10.9 Å². The molecule has 0 radical (unpaired) electrons. The number of nitrogens with zero attached hydrogens (tertiary/aromatic N) is 6. The molecule has 4 rings (SSSR count). The molecule has 0 saturated heterocycles. The summed E-state index contributed by atoms with van der Waals surface area (Å²) in [5, 5.41) is 9.87. The van der Waals surface area contributed by atoms with Crippen molar-refractivity contribution in [2.24, 2.45) is 0 Å². The van der Waals surface area contributed by atoms with Crippen molar-refractivity contribution in [2.45, 2.75) is 0 Å². The summed E-state index contributed by atoms with van der Waals surface area (Å²) < 4.78 is 5.68. The van der Waals surface area contributed by atoms with Gasteiger partial charge >= 0.3 is 5.97 Å². The van der Waals surface area contributed by atoms with Crippen LogP contribution in [-0.2, 0) is 0 Å². The predicted octanol–water partition coefficient (Wildman–Crippen LogP) is 1.39. The summed E-state index contributed by atoms with van der Waals surface area (Å²) >= 11 is 1.05. The molecule has 0 spiro atoms. The van der Waals surface area contributed by atoms with Gasteiger partial charge in [-0.2, -0.15) is 9.36 Å². The lowest BCUT2D eigenvalue weighted by Crippen LogP contribution is -2.18. The van der Waals surface area contributed by atoms with Gasteiger partial charge in [-0.05, 0) is 18.2 Å². The second-order valence-electron chi connectivity index (χ2n) is 4.92. The van der Waals surface area contributed by atoms with E-state index in [0.29, 0.717) is 22.3 Å². The van der Waals surface area contributed by atoms with Gasteiger partial charge in [-0.25, -0.2) is 19.7 Å². The maximum atomic E-state index is 12.3. The van der Waals surface area contributed by atoms with Gasteiger partial charge < -0.3 is 5.11 Å². The molecular formula is C15H8N6O3S. The first-order chi connectivity index (χ1) is 12.1. The summed E-state index contributed by atoms with van der Waals surface area (Å²) in [5.41, 5.74) is -0.108. The van der Waals surface area contributed by atoms with Gasteiger partial charge in [0.1, 0.15) is 23.2 Å². The van der Waals surface area contributed by atoms with Gasteiger partial charge in [0.15, 0.2) is 5.82 Å². The third-order valence-electron chi connectivity index (χ3n) is 3.43. The van der Waals surface area contributed by atoms with Crippen molar-refractivity contribution in [1.82, 2.24) is 28.9 Å². The van der Waals surface area contributed by atoms with Crippen molar-refractivity contribution in [3.05, 3.63) is 58.9 Å². The Kier molecular flexibility index (Phi) is 3.51. The van der Waals surface area contributed by atoms with Gasteiger partial charge in [-0.1, -0.05) is 0 Å². The average molecular weight is 352 g/mol. The predicted molar refractivity (Wildman–Crippen MR) is 88.8 cm³/mol. The number of hydrogen-bond donors (Lipinski definition) is 1. The van der Waals surface area contributed by atoms with E-state index in [1.165, 1.54) is 29.4 Å². The molecule has 0 amide bonds. The van der Waals surface area contributed by atoms with Crippen LogP contribution in [-0.4, -0.2) is 40.0 Å². The first-order valence-electron chi connectivity index (χ1n) is 6.99. The van der Waals surface area contributed by atoms with E-state index in [4.69, 9.17) is 0 Å². The molecule has 0 unspecified atom stereocenters. The Bertz CT molecular complexity index is 1150. The molecule has 9 nitrogen and oxygen atoms in total. The average Bonchev–Trinajstić information content (AvgIpc) is 3.13. The largest absolute Gasteiger partial charge is 0.477 e. The number of carboxylic acids is 1. The Morgan fingerprint density at radius 1 is 1.20 bits per heavy atom. The smallest absolute Gasteiger partial charge is 0.341 e. The molecule has 1 N–H and O–H groups in total. The topological polar surface area (TPSA) is 124 Å². The number of hydrogen-bond acceptors (Lipinski definition) is 8. The maximum absolute atomic E-state index is 12.3. The van der Waals surface area contributed by atoms with E-state index in [1.54, 1.807) is 18.3 Å². The lowest BCUT2D eigenvalue weighted by Gasteiger charge is -2.07. The lowest BCUT2D eigenvalue weighted by molar-refractivity contribution is 0.0695. The van der Waals surface area contributed by atoms with Crippen molar-refractivity contribution in [3.8, 4) is 16.6 Å². The van der Waals surface area contributed by atoms with E-state index < -0.39 is 11.4 Å². The molecule has 0 aliphatic carbocycles. The van der Waals surface area contributed by atoms with Crippen LogP contribution < -0.4 is 5.43 Å². The van der Waals surface area contributed by atoms with Gasteiger partial charge in [-0.3, -0.25) is 9.36 Å². The van der Waals surface area contributed by atoms with Crippen LogP contribution in [0.25, 0.3) is 27.7 Å². The Morgan fingerprint density at radius 3 is 2.84 bits per heavy atom. The molecule has 10 heteroatoms. The monoisotopic (exact) mass is 352 g/mol. The molecule has 0 bridgehead atoms. The zero-order valence-electron chi connectivity index (χ0n) is 12.4. The number of rotatable bonds is 3. The van der Waals surface area contributed by atoms with Crippen molar-refractivity contribution >= 4 is 28.5 Å². The molecule has 4 heterocycles. The minimum Gasteiger partial charge on any atom is -0.477 e. The zero-order chi connectivity index (χ0) is 17.4. The van der Waals surface area contributed by atoms with Crippen LogP contribution in [0.15, 0.2) is 47.9 Å². The Balaban J connectivity index is 1.96. The first-order valence-corrected chi connectivity index (χ1v) is 7.76. The second kappa shape index (κ2) is 5.83. The maximum Gasteiger partial charge on any atom is 0.341 e. The molecule has 25 heavy (non-hydrogen) atoms. The summed E-state index contributed by atoms with van der Waals surface area (Å²) in [5.74, 6) is -0.938. The van der Waals surface area contributed by atoms with Gasteiger partial charge in [0, 0.05) is 30.1 Å². The van der Waals surface area contributed by atoms with Crippen LogP contribution in [0.3, 0.4) is 0 Å².